The van der Waals surface area contributed by atoms with Gasteiger partial charge in [-0.2, -0.15) is 0 Å². The molecule has 0 aromatic carbocycles. The summed E-state index contributed by atoms with van der Waals surface area (Å²) < 4.78 is 4.20. The van der Waals surface area contributed by atoms with Crippen LogP contribution >= 0.6 is 0 Å². The molecule has 0 unspecified atom stereocenters. The molecule has 0 aliphatic carbocycles. The Morgan fingerprint density at radius 3 is 2.45 bits per heavy atom. The number of allylic oxidation sites excluding steroid dienone is 1. The molecule has 0 saturated carbocycles. The standard InChI is InChI=1S/C7H12O4/c1-3-4-5(8)6(9)7(10)11-2/h3-6,8-9H,1-2H3/b4-3+/t5-,6-/m1/s1. The lowest BCUT2D eigenvalue weighted by Crippen LogP contribution is -2.33. The van der Waals surface area contributed by atoms with Crippen LogP contribution in [-0.4, -0.2) is 35.5 Å². The SMILES string of the molecule is C/C=C/[C@@H](O)[C@@H](O)C(=O)OC. The van der Waals surface area contributed by atoms with E-state index in [2.05, 4.69) is 4.74 Å². The predicted octanol–water partition coefficient (Wildman–Crippen LogP) is -0.543. The summed E-state index contributed by atoms with van der Waals surface area (Å²) in [6.45, 7) is 1.67. The van der Waals surface area contributed by atoms with E-state index in [1.165, 1.54) is 12.2 Å². The van der Waals surface area contributed by atoms with Crippen LogP contribution in [0.3, 0.4) is 0 Å². The molecule has 0 fully saturated rings. The summed E-state index contributed by atoms with van der Waals surface area (Å²) in [5.74, 6) is -0.837. The van der Waals surface area contributed by atoms with Crippen molar-refractivity contribution in [2.75, 3.05) is 7.11 Å². The van der Waals surface area contributed by atoms with E-state index in [-0.39, 0.29) is 0 Å². The van der Waals surface area contributed by atoms with E-state index in [0.29, 0.717) is 0 Å². The van der Waals surface area contributed by atoms with Gasteiger partial charge in [0.05, 0.1) is 7.11 Å². The number of hydrogen-bond acceptors (Lipinski definition) is 4. The van der Waals surface area contributed by atoms with Crippen molar-refractivity contribution in [2.24, 2.45) is 0 Å². The van der Waals surface area contributed by atoms with Gasteiger partial charge < -0.3 is 14.9 Å². The number of hydrogen-bond donors (Lipinski definition) is 2. The Balaban J connectivity index is 4.01. The summed E-state index contributed by atoms with van der Waals surface area (Å²) in [4.78, 5) is 10.6. The Kier molecular flexibility index (Phi) is 4.49. The molecule has 64 valence electrons. The number of carbonyl (C=O) groups excluding carboxylic acids is 1. The molecule has 0 amide bonds. The number of rotatable bonds is 3. The number of carbonyl (C=O) groups is 1. The zero-order valence-electron chi connectivity index (χ0n) is 6.52. The van der Waals surface area contributed by atoms with E-state index in [1.54, 1.807) is 6.92 Å². The smallest absolute Gasteiger partial charge is 0.337 e. The fourth-order valence-electron chi connectivity index (χ4n) is 0.563. The number of methoxy groups -OCH3 is 1. The highest BCUT2D eigenvalue weighted by Crippen LogP contribution is 1.97. The van der Waals surface area contributed by atoms with Crippen LogP contribution in [0.2, 0.25) is 0 Å². The Bertz CT molecular complexity index is 153. The normalized spacial score (nSPS) is 16.4. The van der Waals surface area contributed by atoms with E-state index >= 15 is 0 Å². The number of esters is 1. The maximum atomic E-state index is 10.6. The molecule has 0 aliphatic rings. The molecule has 0 bridgehead atoms. The van der Waals surface area contributed by atoms with Gasteiger partial charge in [-0.25, -0.2) is 4.79 Å². The van der Waals surface area contributed by atoms with E-state index in [4.69, 9.17) is 10.2 Å². The molecule has 0 aliphatic heterocycles. The summed E-state index contributed by atoms with van der Waals surface area (Å²) in [6.07, 6.45) is 0.168. The van der Waals surface area contributed by atoms with Gasteiger partial charge in [0, 0.05) is 0 Å². The monoisotopic (exact) mass is 160 g/mol. The van der Waals surface area contributed by atoms with Crippen molar-refractivity contribution in [3.63, 3.8) is 0 Å². The average Bonchev–Trinajstić information content (AvgIpc) is 2.02. The first-order valence-corrected chi connectivity index (χ1v) is 3.20. The minimum absolute atomic E-state index is 0.837. The number of ether oxygens (including phenoxy) is 1. The van der Waals surface area contributed by atoms with Crippen molar-refractivity contribution >= 4 is 5.97 Å². The van der Waals surface area contributed by atoms with Gasteiger partial charge in [0.1, 0.15) is 6.10 Å². The Hall–Kier alpha value is -0.870. The molecular formula is C7H12O4. The van der Waals surface area contributed by atoms with Crippen molar-refractivity contribution < 1.29 is 19.7 Å². The van der Waals surface area contributed by atoms with Gasteiger partial charge in [-0.1, -0.05) is 12.2 Å². The van der Waals surface area contributed by atoms with Crippen LogP contribution < -0.4 is 0 Å². The van der Waals surface area contributed by atoms with Gasteiger partial charge in [-0.05, 0) is 6.92 Å². The first-order valence-electron chi connectivity index (χ1n) is 3.20. The van der Waals surface area contributed by atoms with Crippen LogP contribution in [0.1, 0.15) is 6.92 Å². The molecule has 0 aromatic heterocycles. The fraction of sp³-hybridized carbons (Fsp3) is 0.571. The van der Waals surface area contributed by atoms with E-state index < -0.39 is 18.2 Å². The molecule has 11 heavy (non-hydrogen) atoms. The first-order chi connectivity index (χ1) is 5.13. The lowest BCUT2D eigenvalue weighted by molar-refractivity contribution is -0.154. The summed E-state index contributed by atoms with van der Waals surface area (Å²) in [5.41, 5.74) is 0. The van der Waals surface area contributed by atoms with Crippen molar-refractivity contribution in [3.05, 3.63) is 12.2 Å². The average molecular weight is 160 g/mol. The van der Waals surface area contributed by atoms with Gasteiger partial charge >= 0.3 is 5.97 Å². The molecular weight excluding hydrogens is 148 g/mol. The molecule has 0 rings (SSSR count). The summed E-state index contributed by atoms with van der Waals surface area (Å²) in [5, 5.41) is 17.9. The highest BCUT2D eigenvalue weighted by Gasteiger charge is 2.22. The number of aliphatic hydroxyl groups is 2. The molecule has 2 atom stereocenters. The third-order valence-electron chi connectivity index (χ3n) is 1.16. The second kappa shape index (κ2) is 4.87. The molecule has 4 nitrogen and oxygen atoms in total. The summed E-state index contributed by atoms with van der Waals surface area (Å²) in [6, 6.07) is 0. The van der Waals surface area contributed by atoms with Gasteiger partial charge in [0.25, 0.3) is 0 Å². The number of aliphatic hydroxyl groups excluding tert-OH is 2. The second-order valence-corrected chi connectivity index (χ2v) is 1.98. The van der Waals surface area contributed by atoms with Gasteiger partial charge in [0.15, 0.2) is 6.10 Å². The maximum absolute atomic E-state index is 10.6. The predicted molar refractivity (Wildman–Crippen MR) is 38.8 cm³/mol. The molecule has 4 heteroatoms. The summed E-state index contributed by atoms with van der Waals surface area (Å²) >= 11 is 0. The van der Waals surface area contributed by atoms with Crippen molar-refractivity contribution in [3.8, 4) is 0 Å². The largest absolute Gasteiger partial charge is 0.467 e. The van der Waals surface area contributed by atoms with Crippen LogP contribution in [0.4, 0.5) is 0 Å². The quantitative estimate of drug-likeness (QED) is 0.429. The third-order valence-corrected chi connectivity index (χ3v) is 1.16. The molecule has 0 saturated heterocycles. The van der Waals surface area contributed by atoms with Gasteiger partial charge in [0.2, 0.25) is 0 Å². The minimum atomic E-state index is -1.49. The minimum Gasteiger partial charge on any atom is -0.467 e. The van der Waals surface area contributed by atoms with Crippen LogP contribution in [0.25, 0.3) is 0 Å². The van der Waals surface area contributed by atoms with Crippen molar-refractivity contribution in [1.82, 2.24) is 0 Å². The van der Waals surface area contributed by atoms with E-state index in [9.17, 15) is 4.79 Å². The van der Waals surface area contributed by atoms with E-state index in [1.807, 2.05) is 0 Å². The highest BCUT2D eigenvalue weighted by molar-refractivity contribution is 5.75. The van der Waals surface area contributed by atoms with Gasteiger partial charge in [-0.15, -0.1) is 0 Å². The van der Waals surface area contributed by atoms with Gasteiger partial charge in [-0.3, -0.25) is 0 Å². The van der Waals surface area contributed by atoms with Crippen LogP contribution in [0.15, 0.2) is 12.2 Å². The molecule has 0 heterocycles. The molecule has 0 aromatic rings. The Labute approximate surface area is 65.1 Å². The second-order valence-electron chi connectivity index (χ2n) is 1.98. The van der Waals surface area contributed by atoms with Crippen LogP contribution in [0.5, 0.6) is 0 Å². The molecule has 0 spiro atoms. The third kappa shape index (κ3) is 3.15. The first kappa shape index (κ1) is 10.1. The van der Waals surface area contributed by atoms with E-state index in [0.717, 1.165) is 7.11 Å². The van der Waals surface area contributed by atoms with Crippen molar-refractivity contribution in [2.45, 2.75) is 19.1 Å². The topological polar surface area (TPSA) is 66.8 Å². The Morgan fingerprint density at radius 2 is 2.09 bits per heavy atom. The molecule has 0 radical (unpaired) electrons. The lowest BCUT2D eigenvalue weighted by atomic mass is 10.2. The Morgan fingerprint density at radius 1 is 1.55 bits per heavy atom. The lowest BCUT2D eigenvalue weighted by Gasteiger charge is -2.10. The van der Waals surface area contributed by atoms with Crippen LogP contribution in [0, 0.1) is 0 Å². The maximum Gasteiger partial charge on any atom is 0.337 e. The summed E-state index contributed by atoms with van der Waals surface area (Å²) in [7, 11) is 1.15. The fourth-order valence-corrected chi connectivity index (χ4v) is 0.563. The molecule has 2 N–H and O–H groups in total. The zero-order chi connectivity index (χ0) is 8.85. The zero-order valence-corrected chi connectivity index (χ0v) is 6.52. The van der Waals surface area contributed by atoms with Crippen molar-refractivity contribution in [1.29, 1.82) is 0 Å². The highest BCUT2D eigenvalue weighted by atomic mass is 16.5. The van der Waals surface area contributed by atoms with Crippen LogP contribution in [-0.2, 0) is 9.53 Å².